The Labute approximate surface area is 176 Å². The first-order valence-corrected chi connectivity index (χ1v) is 10.8. The van der Waals surface area contributed by atoms with Crippen molar-refractivity contribution in [3.05, 3.63) is 51.8 Å². The number of fused-ring (bicyclic) bond motifs is 1. The second-order valence-electron chi connectivity index (χ2n) is 8.12. The number of aromatic nitrogens is 2. The molecule has 1 aromatic carbocycles. The third-order valence-electron chi connectivity index (χ3n) is 6.02. The Morgan fingerprint density at radius 3 is 2.86 bits per heavy atom. The summed E-state index contributed by atoms with van der Waals surface area (Å²) in [6, 6.07) is 7.37. The van der Waals surface area contributed by atoms with Crippen LogP contribution in [-0.4, -0.2) is 40.0 Å². The summed E-state index contributed by atoms with van der Waals surface area (Å²) in [5, 5.41) is 10.9. The molecule has 1 aromatic heterocycles. The van der Waals surface area contributed by atoms with Gasteiger partial charge < -0.3 is 10.2 Å². The van der Waals surface area contributed by atoms with Crippen molar-refractivity contribution in [1.82, 2.24) is 20.4 Å². The van der Waals surface area contributed by atoms with Crippen molar-refractivity contribution in [1.29, 1.82) is 0 Å². The molecule has 154 valence electrons. The molecule has 1 aliphatic carbocycles. The van der Waals surface area contributed by atoms with Crippen molar-refractivity contribution < 1.29 is 9.59 Å². The average Bonchev–Trinajstić information content (AvgIpc) is 3.16. The molecule has 7 heteroatoms. The first-order valence-electron chi connectivity index (χ1n) is 10.5. The van der Waals surface area contributed by atoms with Gasteiger partial charge in [0.2, 0.25) is 5.91 Å². The van der Waals surface area contributed by atoms with Crippen molar-refractivity contribution in [3.8, 4) is 0 Å². The zero-order valence-electron chi connectivity index (χ0n) is 16.5. The number of H-pyrrole nitrogens is 1. The molecule has 2 heterocycles. The lowest BCUT2D eigenvalue weighted by atomic mass is 9.89. The second-order valence-corrected chi connectivity index (χ2v) is 8.55. The molecule has 2 aliphatic rings. The Balaban J connectivity index is 1.39. The lowest BCUT2D eigenvalue weighted by Gasteiger charge is -2.27. The number of benzene rings is 1. The number of nitrogens with one attached hydrogen (secondary N) is 2. The predicted octanol–water partition coefficient (Wildman–Crippen LogP) is 3.50. The fourth-order valence-corrected chi connectivity index (χ4v) is 4.55. The van der Waals surface area contributed by atoms with E-state index in [0.717, 1.165) is 16.8 Å². The van der Waals surface area contributed by atoms with Crippen molar-refractivity contribution in [2.45, 2.75) is 51.5 Å². The third-order valence-corrected chi connectivity index (χ3v) is 6.26. The van der Waals surface area contributed by atoms with Crippen LogP contribution in [0.4, 0.5) is 0 Å². The average molecular weight is 415 g/mol. The first kappa shape index (κ1) is 20.0. The molecule has 0 saturated heterocycles. The predicted molar refractivity (Wildman–Crippen MR) is 112 cm³/mol. The van der Waals surface area contributed by atoms with Gasteiger partial charge in [-0.1, -0.05) is 43.0 Å². The van der Waals surface area contributed by atoms with Crippen molar-refractivity contribution in [2.24, 2.45) is 5.92 Å². The van der Waals surface area contributed by atoms with Crippen LogP contribution in [0, 0.1) is 5.92 Å². The highest BCUT2D eigenvalue weighted by Gasteiger charge is 2.28. The quantitative estimate of drug-likeness (QED) is 0.785. The Bertz CT molecular complexity index is 889. The van der Waals surface area contributed by atoms with Crippen LogP contribution in [0.25, 0.3) is 0 Å². The first-order chi connectivity index (χ1) is 14.1. The molecule has 29 heavy (non-hydrogen) atoms. The molecular weight excluding hydrogens is 388 g/mol. The summed E-state index contributed by atoms with van der Waals surface area (Å²) in [5.41, 5.74) is 3.12. The summed E-state index contributed by atoms with van der Waals surface area (Å²) in [6.45, 7) is 1.74. The monoisotopic (exact) mass is 414 g/mol. The van der Waals surface area contributed by atoms with E-state index in [4.69, 9.17) is 11.6 Å². The van der Waals surface area contributed by atoms with Crippen LogP contribution in [0.2, 0.25) is 5.02 Å². The topological polar surface area (TPSA) is 78.1 Å². The molecule has 1 aliphatic heterocycles. The van der Waals surface area contributed by atoms with Crippen molar-refractivity contribution in [3.63, 3.8) is 0 Å². The number of nitrogens with zero attached hydrogens (tertiary/aromatic N) is 2. The zero-order valence-corrected chi connectivity index (χ0v) is 17.3. The van der Waals surface area contributed by atoms with E-state index >= 15 is 0 Å². The van der Waals surface area contributed by atoms with Crippen LogP contribution >= 0.6 is 11.6 Å². The fraction of sp³-hybridized carbons (Fsp3) is 0.500. The van der Waals surface area contributed by atoms with Crippen LogP contribution in [0.15, 0.2) is 24.3 Å². The van der Waals surface area contributed by atoms with E-state index in [1.165, 1.54) is 32.1 Å². The van der Waals surface area contributed by atoms with Crippen molar-refractivity contribution >= 4 is 23.4 Å². The highest BCUT2D eigenvalue weighted by atomic mass is 35.5. The molecule has 4 rings (SSSR count). The smallest absolute Gasteiger partial charge is 0.272 e. The standard InChI is InChI=1S/C22H27ClN4O2/c23-17-8-4-7-16(11-17)12-20(28)27-10-9-19-18(14-27)21(26-25-19)22(29)24-13-15-5-2-1-3-6-15/h4,7-8,11,15H,1-3,5-6,9-10,12-14H2,(H,24,29)(H,25,26). The molecule has 0 unspecified atom stereocenters. The summed E-state index contributed by atoms with van der Waals surface area (Å²) >= 11 is 6.03. The van der Waals surface area contributed by atoms with E-state index in [-0.39, 0.29) is 11.8 Å². The van der Waals surface area contributed by atoms with E-state index in [2.05, 4.69) is 15.5 Å². The van der Waals surface area contributed by atoms with Crippen molar-refractivity contribution in [2.75, 3.05) is 13.1 Å². The van der Waals surface area contributed by atoms with E-state index in [1.54, 1.807) is 11.0 Å². The molecule has 0 atom stereocenters. The fourth-order valence-electron chi connectivity index (χ4n) is 4.34. The van der Waals surface area contributed by atoms with Crippen LogP contribution in [0.5, 0.6) is 0 Å². The Morgan fingerprint density at radius 1 is 1.24 bits per heavy atom. The van der Waals surface area contributed by atoms with Gasteiger partial charge >= 0.3 is 0 Å². The lowest BCUT2D eigenvalue weighted by Crippen LogP contribution is -2.38. The van der Waals surface area contributed by atoms with Gasteiger partial charge in [0, 0.05) is 42.3 Å². The highest BCUT2D eigenvalue weighted by Crippen LogP contribution is 2.24. The number of halogens is 1. The van der Waals surface area contributed by atoms with Gasteiger partial charge in [0.05, 0.1) is 6.42 Å². The van der Waals surface area contributed by atoms with Crippen LogP contribution in [0.1, 0.15) is 59.4 Å². The van der Waals surface area contributed by atoms with Gasteiger partial charge in [-0.3, -0.25) is 14.7 Å². The van der Waals surface area contributed by atoms with E-state index in [0.29, 0.717) is 49.1 Å². The normalized spacial score (nSPS) is 17.1. The molecule has 2 amide bonds. The van der Waals surface area contributed by atoms with Gasteiger partial charge in [-0.25, -0.2) is 0 Å². The zero-order chi connectivity index (χ0) is 20.2. The summed E-state index contributed by atoms with van der Waals surface area (Å²) in [6.07, 6.45) is 7.16. The Hall–Kier alpha value is -2.34. The summed E-state index contributed by atoms with van der Waals surface area (Å²) in [4.78, 5) is 27.3. The van der Waals surface area contributed by atoms with Gasteiger partial charge in [0.15, 0.2) is 5.69 Å². The minimum atomic E-state index is -0.141. The summed E-state index contributed by atoms with van der Waals surface area (Å²) < 4.78 is 0. The molecule has 6 nitrogen and oxygen atoms in total. The number of carbonyl (C=O) groups is 2. The molecule has 0 radical (unpaired) electrons. The number of hydrogen-bond donors (Lipinski definition) is 2. The van der Waals surface area contributed by atoms with Crippen LogP contribution in [0.3, 0.4) is 0 Å². The third kappa shape index (κ3) is 4.81. The maximum atomic E-state index is 12.8. The Kier molecular flexibility index (Phi) is 6.19. The molecule has 1 fully saturated rings. The molecule has 2 aromatic rings. The number of carbonyl (C=O) groups excluding carboxylic acids is 2. The minimum Gasteiger partial charge on any atom is -0.350 e. The van der Waals surface area contributed by atoms with Gasteiger partial charge in [-0.05, 0) is 36.5 Å². The van der Waals surface area contributed by atoms with E-state index in [1.807, 2.05) is 18.2 Å². The second kappa shape index (κ2) is 8.99. The highest BCUT2D eigenvalue weighted by molar-refractivity contribution is 6.30. The van der Waals surface area contributed by atoms with Gasteiger partial charge in [0.1, 0.15) is 0 Å². The van der Waals surface area contributed by atoms with Crippen LogP contribution in [-0.2, 0) is 24.2 Å². The number of amides is 2. The minimum absolute atomic E-state index is 0.0349. The number of rotatable bonds is 5. The molecule has 0 bridgehead atoms. The number of aromatic amines is 1. The number of hydrogen-bond acceptors (Lipinski definition) is 3. The van der Waals surface area contributed by atoms with Gasteiger partial charge in [-0.15, -0.1) is 0 Å². The van der Waals surface area contributed by atoms with E-state index in [9.17, 15) is 9.59 Å². The lowest BCUT2D eigenvalue weighted by molar-refractivity contribution is -0.131. The largest absolute Gasteiger partial charge is 0.350 e. The van der Waals surface area contributed by atoms with E-state index < -0.39 is 0 Å². The molecule has 1 saturated carbocycles. The summed E-state index contributed by atoms with van der Waals surface area (Å²) in [5.74, 6) is 0.461. The Morgan fingerprint density at radius 2 is 2.07 bits per heavy atom. The van der Waals surface area contributed by atoms with Gasteiger partial charge in [-0.2, -0.15) is 5.10 Å². The van der Waals surface area contributed by atoms with Gasteiger partial charge in [0.25, 0.3) is 5.91 Å². The molecule has 0 spiro atoms. The maximum absolute atomic E-state index is 12.8. The van der Waals surface area contributed by atoms with Crippen LogP contribution < -0.4 is 5.32 Å². The SMILES string of the molecule is O=C(NCC1CCCCC1)c1n[nH]c2c1CN(C(=O)Cc1cccc(Cl)c1)CC2. The molecular formula is C22H27ClN4O2. The molecule has 2 N–H and O–H groups in total. The summed E-state index contributed by atoms with van der Waals surface area (Å²) in [7, 11) is 0. The maximum Gasteiger partial charge on any atom is 0.272 e.